The number of carbonyl (C=O) groups is 1. The van der Waals surface area contributed by atoms with Crippen LogP contribution >= 0.6 is 11.6 Å². The van der Waals surface area contributed by atoms with Crippen LogP contribution in [0.3, 0.4) is 0 Å². The van der Waals surface area contributed by atoms with Crippen molar-refractivity contribution in [3.05, 3.63) is 41.7 Å². The molecule has 148 valence electrons. The number of rotatable bonds is 4. The molecule has 1 saturated carbocycles. The van der Waals surface area contributed by atoms with Crippen LogP contribution in [0.1, 0.15) is 32.6 Å². The molecule has 1 aliphatic heterocycles. The van der Waals surface area contributed by atoms with Crippen molar-refractivity contribution in [2.45, 2.75) is 38.6 Å². The number of nitrogens with zero attached hydrogens (tertiary/aromatic N) is 4. The molecular formula is C21H25ClN4O2. The van der Waals surface area contributed by atoms with E-state index >= 15 is 0 Å². The fraction of sp³-hybridized carbons (Fsp3) is 0.476. The van der Waals surface area contributed by atoms with Gasteiger partial charge in [-0.3, -0.25) is 4.79 Å². The maximum absolute atomic E-state index is 12.8. The molecule has 0 spiro atoms. The average molecular weight is 401 g/mol. The van der Waals surface area contributed by atoms with Gasteiger partial charge in [0.15, 0.2) is 0 Å². The quantitative estimate of drug-likeness (QED) is 0.771. The van der Waals surface area contributed by atoms with Gasteiger partial charge in [0.25, 0.3) is 0 Å². The molecule has 7 heteroatoms. The molecule has 4 rings (SSSR count). The summed E-state index contributed by atoms with van der Waals surface area (Å²) in [5.74, 6) is 2.38. The first-order valence-corrected chi connectivity index (χ1v) is 10.3. The van der Waals surface area contributed by atoms with E-state index in [2.05, 4.69) is 26.7 Å². The van der Waals surface area contributed by atoms with Crippen molar-refractivity contribution in [1.29, 1.82) is 0 Å². The van der Waals surface area contributed by atoms with Crippen molar-refractivity contribution in [2.24, 2.45) is 5.92 Å². The van der Waals surface area contributed by atoms with Crippen LogP contribution in [0.25, 0.3) is 0 Å². The average Bonchev–Trinajstić information content (AvgIpc) is 3.24. The Kier molecular flexibility index (Phi) is 5.67. The number of para-hydroxylation sites is 1. The highest BCUT2D eigenvalue weighted by atomic mass is 35.5. The Bertz CT molecular complexity index is 841. The fourth-order valence-electron chi connectivity index (χ4n) is 4.10. The maximum atomic E-state index is 12.8. The van der Waals surface area contributed by atoms with Crippen LogP contribution in [0.5, 0.6) is 11.6 Å². The van der Waals surface area contributed by atoms with E-state index in [-0.39, 0.29) is 12.0 Å². The van der Waals surface area contributed by atoms with Gasteiger partial charge in [-0.1, -0.05) is 36.6 Å². The molecule has 0 bridgehead atoms. The monoisotopic (exact) mass is 400 g/mol. The topological polar surface area (TPSA) is 58.6 Å². The summed E-state index contributed by atoms with van der Waals surface area (Å²) in [5.41, 5.74) is 0. The Morgan fingerprint density at radius 3 is 2.71 bits per heavy atom. The molecule has 2 aromatic rings. The summed E-state index contributed by atoms with van der Waals surface area (Å²) in [6, 6.07) is 9.29. The summed E-state index contributed by atoms with van der Waals surface area (Å²) in [6.07, 6.45) is 5.95. The first-order chi connectivity index (χ1) is 13.6. The van der Waals surface area contributed by atoms with Crippen LogP contribution in [-0.2, 0) is 4.79 Å². The highest BCUT2D eigenvalue weighted by Crippen LogP contribution is 2.30. The number of benzene rings is 1. The number of ether oxygens (including phenoxy) is 1. The van der Waals surface area contributed by atoms with Crippen LogP contribution in [0.2, 0.25) is 5.02 Å². The van der Waals surface area contributed by atoms with Gasteiger partial charge in [-0.2, -0.15) is 0 Å². The van der Waals surface area contributed by atoms with Crippen molar-refractivity contribution >= 4 is 23.3 Å². The second kappa shape index (κ2) is 8.35. The summed E-state index contributed by atoms with van der Waals surface area (Å²) in [5, 5.41) is 0.537. The number of piperazine rings is 1. The minimum Gasteiger partial charge on any atom is -0.437 e. The zero-order chi connectivity index (χ0) is 19.5. The van der Waals surface area contributed by atoms with E-state index in [9.17, 15) is 4.79 Å². The summed E-state index contributed by atoms with van der Waals surface area (Å²) in [6.45, 7) is 4.34. The molecule has 1 saturated heterocycles. The molecule has 6 nitrogen and oxygen atoms in total. The zero-order valence-electron chi connectivity index (χ0n) is 16.1. The number of carbonyl (C=O) groups excluding carboxylic acids is 1. The van der Waals surface area contributed by atoms with E-state index in [1.54, 1.807) is 12.1 Å². The van der Waals surface area contributed by atoms with E-state index in [4.69, 9.17) is 16.3 Å². The molecule has 1 unspecified atom stereocenters. The molecule has 1 atom stereocenters. The third-order valence-corrected chi connectivity index (χ3v) is 5.93. The lowest BCUT2D eigenvalue weighted by molar-refractivity contribution is -0.137. The van der Waals surface area contributed by atoms with E-state index in [0.717, 1.165) is 38.3 Å². The molecule has 28 heavy (non-hydrogen) atoms. The van der Waals surface area contributed by atoms with Crippen molar-refractivity contribution < 1.29 is 9.53 Å². The molecule has 2 fully saturated rings. The number of anilines is 1. The van der Waals surface area contributed by atoms with E-state index < -0.39 is 0 Å². The minimum absolute atomic E-state index is 0.157. The fourth-order valence-corrected chi connectivity index (χ4v) is 4.27. The van der Waals surface area contributed by atoms with Crippen molar-refractivity contribution in [1.82, 2.24) is 14.9 Å². The predicted molar refractivity (Wildman–Crippen MR) is 109 cm³/mol. The predicted octanol–water partition coefficient (Wildman–Crippen LogP) is 4.15. The van der Waals surface area contributed by atoms with Gasteiger partial charge < -0.3 is 14.5 Å². The molecule has 1 amide bonds. The number of aromatic nitrogens is 2. The van der Waals surface area contributed by atoms with Crippen molar-refractivity contribution in [2.75, 3.05) is 24.5 Å². The molecule has 2 heterocycles. The Labute approximate surface area is 170 Å². The number of hydrogen-bond acceptors (Lipinski definition) is 5. The first kappa shape index (κ1) is 19.0. The number of halogens is 1. The van der Waals surface area contributed by atoms with E-state index in [1.165, 1.54) is 19.2 Å². The van der Waals surface area contributed by atoms with E-state index in [1.807, 2.05) is 18.2 Å². The Hall–Kier alpha value is -2.34. The molecule has 1 aromatic carbocycles. The molecule has 1 aromatic heterocycles. The van der Waals surface area contributed by atoms with Crippen LogP contribution in [-0.4, -0.2) is 46.5 Å². The van der Waals surface area contributed by atoms with Crippen molar-refractivity contribution in [3.8, 4) is 11.6 Å². The van der Waals surface area contributed by atoms with Gasteiger partial charge in [-0.15, -0.1) is 0 Å². The van der Waals surface area contributed by atoms with E-state index in [0.29, 0.717) is 22.6 Å². The minimum atomic E-state index is 0.157. The Morgan fingerprint density at radius 2 is 1.96 bits per heavy atom. The van der Waals surface area contributed by atoms with Gasteiger partial charge in [0.1, 0.15) is 17.9 Å². The zero-order valence-corrected chi connectivity index (χ0v) is 16.8. The Balaban J connectivity index is 1.43. The van der Waals surface area contributed by atoms with Gasteiger partial charge in [0.05, 0.1) is 5.02 Å². The molecule has 2 aliphatic rings. The molecule has 0 N–H and O–H groups in total. The SMILES string of the molecule is CC1CN(c2cc(Oc3ccccc3Cl)ncn2)CCN1C(=O)C1CCCC1. The van der Waals surface area contributed by atoms with Crippen LogP contribution in [0.4, 0.5) is 5.82 Å². The first-order valence-electron chi connectivity index (χ1n) is 9.91. The third kappa shape index (κ3) is 4.07. The summed E-state index contributed by atoms with van der Waals surface area (Å²) >= 11 is 6.16. The van der Waals surface area contributed by atoms with Crippen molar-refractivity contribution in [3.63, 3.8) is 0 Å². The van der Waals surface area contributed by atoms with Gasteiger partial charge in [0.2, 0.25) is 11.8 Å². The highest BCUT2D eigenvalue weighted by molar-refractivity contribution is 6.32. The second-order valence-electron chi connectivity index (χ2n) is 7.55. The van der Waals surface area contributed by atoms with Crippen LogP contribution in [0, 0.1) is 5.92 Å². The van der Waals surface area contributed by atoms with Gasteiger partial charge in [-0.25, -0.2) is 9.97 Å². The number of amides is 1. The summed E-state index contributed by atoms with van der Waals surface area (Å²) < 4.78 is 5.82. The lowest BCUT2D eigenvalue weighted by Crippen LogP contribution is -2.55. The summed E-state index contributed by atoms with van der Waals surface area (Å²) in [4.78, 5) is 25.6. The normalized spacial score (nSPS) is 20.4. The highest BCUT2D eigenvalue weighted by Gasteiger charge is 2.33. The second-order valence-corrected chi connectivity index (χ2v) is 7.96. The van der Waals surface area contributed by atoms with Crippen LogP contribution < -0.4 is 9.64 Å². The maximum Gasteiger partial charge on any atom is 0.226 e. The molecule has 0 radical (unpaired) electrons. The molecule has 1 aliphatic carbocycles. The van der Waals surface area contributed by atoms with Crippen LogP contribution in [0.15, 0.2) is 36.7 Å². The van der Waals surface area contributed by atoms with Gasteiger partial charge in [-0.05, 0) is 31.9 Å². The number of hydrogen-bond donors (Lipinski definition) is 0. The lowest BCUT2D eigenvalue weighted by atomic mass is 10.0. The lowest BCUT2D eigenvalue weighted by Gasteiger charge is -2.41. The van der Waals surface area contributed by atoms with Gasteiger partial charge >= 0.3 is 0 Å². The smallest absolute Gasteiger partial charge is 0.226 e. The standard InChI is InChI=1S/C21H25ClN4O2/c1-15-13-25(10-11-26(15)21(27)16-6-2-3-7-16)19-12-20(24-14-23-19)28-18-9-5-4-8-17(18)22/h4-5,8-9,12,14-16H,2-3,6-7,10-11,13H2,1H3. The van der Waals surface area contributed by atoms with Gasteiger partial charge in [0, 0.05) is 37.7 Å². The summed E-state index contributed by atoms with van der Waals surface area (Å²) in [7, 11) is 0. The third-order valence-electron chi connectivity index (χ3n) is 5.62. The molecular weight excluding hydrogens is 376 g/mol. The largest absolute Gasteiger partial charge is 0.437 e. The Morgan fingerprint density at radius 1 is 1.18 bits per heavy atom.